The zero-order chi connectivity index (χ0) is 11.7. The molecule has 0 amide bonds. The van der Waals surface area contributed by atoms with E-state index in [0.29, 0.717) is 16.8 Å². The van der Waals surface area contributed by atoms with Gasteiger partial charge in [-0.15, -0.1) is 0 Å². The molecule has 0 spiro atoms. The predicted octanol–water partition coefficient (Wildman–Crippen LogP) is 3.52. The highest BCUT2D eigenvalue weighted by Crippen LogP contribution is 2.26. The van der Waals surface area contributed by atoms with Crippen LogP contribution in [0.15, 0.2) is 36.4 Å². The van der Waals surface area contributed by atoms with Gasteiger partial charge in [0.05, 0.1) is 0 Å². The molecule has 0 bridgehead atoms. The molecule has 2 aromatic rings. The second-order valence-corrected chi connectivity index (χ2v) is 3.68. The normalized spacial score (nSPS) is 10.4. The number of nitrogen functional groups attached to an aromatic ring is 1. The number of nitrogens with two attached hydrogens (primary N) is 1. The molecule has 82 valence electrons. The van der Waals surface area contributed by atoms with E-state index in [9.17, 15) is 8.78 Å². The summed E-state index contributed by atoms with van der Waals surface area (Å²) in [6.45, 7) is 1.53. The molecule has 0 saturated carbocycles. The highest BCUT2D eigenvalue weighted by molar-refractivity contribution is 5.66. The van der Waals surface area contributed by atoms with Crippen LogP contribution in [0.3, 0.4) is 0 Å². The Labute approximate surface area is 92.5 Å². The maximum atomic E-state index is 13.6. The molecule has 0 aliphatic carbocycles. The van der Waals surface area contributed by atoms with E-state index in [1.807, 2.05) is 0 Å². The van der Waals surface area contributed by atoms with Gasteiger partial charge >= 0.3 is 0 Å². The Morgan fingerprint density at radius 1 is 0.875 bits per heavy atom. The summed E-state index contributed by atoms with van der Waals surface area (Å²) >= 11 is 0. The van der Waals surface area contributed by atoms with Crippen LogP contribution in [0.2, 0.25) is 0 Å². The van der Waals surface area contributed by atoms with E-state index < -0.39 is 11.6 Å². The van der Waals surface area contributed by atoms with Gasteiger partial charge in [0.2, 0.25) is 0 Å². The third kappa shape index (κ3) is 1.76. The van der Waals surface area contributed by atoms with Crippen LogP contribution in [0.4, 0.5) is 14.5 Å². The van der Waals surface area contributed by atoms with Crippen molar-refractivity contribution < 1.29 is 8.78 Å². The van der Waals surface area contributed by atoms with Crippen LogP contribution in [-0.4, -0.2) is 0 Å². The lowest BCUT2D eigenvalue weighted by molar-refractivity contribution is 0.505. The molecule has 2 rings (SSSR count). The van der Waals surface area contributed by atoms with E-state index in [-0.39, 0.29) is 5.56 Å². The van der Waals surface area contributed by atoms with Crippen LogP contribution in [0.1, 0.15) is 5.56 Å². The second-order valence-electron chi connectivity index (χ2n) is 3.68. The van der Waals surface area contributed by atoms with Gasteiger partial charge in [0.25, 0.3) is 0 Å². The van der Waals surface area contributed by atoms with E-state index in [1.165, 1.54) is 6.92 Å². The summed E-state index contributed by atoms with van der Waals surface area (Å²) in [6, 6.07) is 9.79. The molecule has 0 saturated heterocycles. The number of rotatable bonds is 1. The first-order chi connectivity index (χ1) is 7.59. The van der Waals surface area contributed by atoms with Gasteiger partial charge in [-0.3, -0.25) is 0 Å². The van der Waals surface area contributed by atoms with Gasteiger partial charge in [-0.25, -0.2) is 8.78 Å². The fourth-order valence-corrected chi connectivity index (χ4v) is 1.53. The Morgan fingerprint density at radius 2 is 1.50 bits per heavy atom. The van der Waals surface area contributed by atoms with Crippen molar-refractivity contribution in [1.29, 1.82) is 0 Å². The molecule has 0 aliphatic heterocycles. The van der Waals surface area contributed by atoms with Crippen LogP contribution in [0.5, 0.6) is 0 Å². The second kappa shape index (κ2) is 3.93. The lowest BCUT2D eigenvalue weighted by Gasteiger charge is -2.06. The highest BCUT2D eigenvalue weighted by Gasteiger charge is 2.11. The van der Waals surface area contributed by atoms with Crippen molar-refractivity contribution in [2.24, 2.45) is 0 Å². The SMILES string of the molecule is Cc1ccc(-c2ccc(N)cc2)c(F)c1F. The molecule has 0 atom stereocenters. The maximum Gasteiger partial charge on any atom is 0.166 e. The number of hydrogen-bond acceptors (Lipinski definition) is 1. The average Bonchev–Trinajstić information content (AvgIpc) is 2.28. The molecular weight excluding hydrogens is 208 g/mol. The van der Waals surface area contributed by atoms with Crippen LogP contribution >= 0.6 is 0 Å². The largest absolute Gasteiger partial charge is 0.399 e. The van der Waals surface area contributed by atoms with E-state index in [0.717, 1.165) is 0 Å². The van der Waals surface area contributed by atoms with Gasteiger partial charge in [-0.05, 0) is 30.2 Å². The van der Waals surface area contributed by atoms with Crippen molar-refractivity contribution in [3.63, 3.8) is 0 Å². The van der Waals surface area contributed by atoms with Crippen molar-refractivity contribution in [2.45, 2.75) is 6.92 Å². The van der Waals surface area contributed by atoms with Gasteiger partial charge in [0.15, 0.2) is 11.6 Å². The third-order valence-corrected chi connectivity index (χ3v) is 2.50. The van der Waals surface area contributed by atoms with Crippen LogP contribution < -0.4 is 5.73 Å². The van der Waals surface area contributed by atoms with Crippen molar-refractivity contribution in [3.05, 3.63) is 53.6 Å². The maximum absolute atomic E-state index is 13.6. The molecule has 0 radical (unpaired) electrons. The number of anilines is 1. The number of halogens is 2. The number of aryl methyl sites for hydroxylation is 1. The summed E-state index contributed by atoms with van der Waals surface area (Å²) in [5, 5.41) is 0. The topological polar surface area (TPSA) is 26.0 Å². The summed E-state index contributed by atoms with van der Waals surface area (Å²) in [6.07, 6.45) is 0. The fraction of sp³-hybridized carbons (Fsp3) is 0.0769. The number of hydrogen-bond donors (Lipinski definition) is 1. The molecule has 2 aromatic carbocycles. The lowest BCUT2D eigenvalue weighted by atomic mass is 10.0. The summed E-state index contributed by atoms with van der Waals surface area (Å²) < 4.78 is 27.0. The lowest BCUT2D eigenvalue weighted by Crippen LogP contribution is -1.93. The Morgan fingerprint density at radius 3 is 2.12 bits per heavy atom. The predicted molar refractivity (Wildman–Crippen MR) is 60.9 cm³/mol. The van der Waals surface area contributed by atoms with E-state index in [2.05, 4.69) is 0 Å². The summed E-state index contributed by atoms with van der Waals surface area (Å²) in [5.74, 6) is -1.61. The minimum atomic E-state index is -0.815. The van der Waals surface area contributed by atoms with Crippen LogP contribution in [0, 0.1) is 18.6 Å². The molecule has 16 heavy (non-hydrogen) atoms. The van der Waals surface area contributed by atoms with Gasteiger partial charge in [0.1, 0.15) is 0 Å². The molecule has 0 unspecified atom stereocenters. The van der Waals surface area contributed by atoms with Crippen LogP contribution in [-0.2, 0) is 0 Å². The van der Waals surface area contributed by atoms with Gasteiger partial charge in [-0.2, -0.15) is 0 Å². The van der Waals surface area contributed by atoms with E-state index >= 15 is 0 Å². The summed E-state index contributed by atoms with van der Waals surface area (Å²) in [7, 11) is 0. The first-order valence-corrected chi connectivity index (χ1v) is 4.90. The molecule has 0 fully saturated rings. The molecule has 3 heteroatoms. The van der Waals surface area contributed by atoms with Crippen molar-refractivity contribution in [3.8, 4) is 11.1 Å². The van der Waals surface area contributed by atoms with Crippen LogP contribution in [0.25, 0.3) is 11.1 Å². The molecule has 0 heterocycles. The molecular formula is C13H11F2N. The monoisotopic (exact) mass is 219 g/mol. The third-order valence-electron chi connectivity index (χ3n) is 2.50. The van der Waals surface area contributed by atoms with Gasteiger partial charge in [0, 0.05) is 11.3 Å². The number of benzene rings is 2. The van der Waals surface area contributed by atoms with Crippen molar-refractivity contribution in [1.82, 2.24) is 0 Å². The summed E-state index contributed by atoms with van der Waals surface area (Å²) in [5.41, 5.74) is 7.29. The molecule has 1 nitrogen and oxygen atoms in total. The first-order valence-electron chi connectivity index (χ1n) is 4.90. The van der Waals surface area contributed by atoms with E-state index in [4.69, 9.17) is 5.73 Å². The standard InChI is InChI=1S/C13H11F2N/c1-8-2-7-11(13(15)12(8)14)9-3-5-10(16)6-4-9/h2-7H,16H2,1H3. The first kappa shape index (κ1) is 10.6. The Bertz CT molecular complexity index is 518. The van der Waals surface area contributed by atoms with Crippen molar-refractivity contribution >= 4 is 5.69 Å². The highest BCUT2D eigenvalue weighted by atomic mass is 19.2. The molecule has 2 N–H and O–H groups in total. The van der Waals surface area contributed by atoms with E-state index in [1.54, 1.807) is 36.4 Å². The zero-order valence-corrected chi connectivity index (χ0v) is 8.80. The minimum Gasteiger partial charge on any atom is -0.399 e. The Hall–Kier alpha value is -1.90. The minimum absolute atomic E-state index is 0.253. The summed E-state index contributed by atoms with van der Waals surface area (Å²) in [4.78, 5) is 0. The molecule has 0 aliphatic rings. The Balaban J connectivity index is 2.57. The average molecular weight is 219 g/mol. The Kier molecular flexibility index (Phi) is 2.60. The smallest absolute Gasteiger partial charge is 0.166 e. The van der Waals surface area contributed by atoms with Gasteiger partial charge < -0.3 is 5.73 Å². The van der Waals surface area contributed by atoms with Crippen molar-refractivity contribution in [2.75, 3.05) is 5.73 Å². The fourth-order valence-electron chi connectivity index (χ4n) is 1.53. The quantitative estimate of drug-likeness (QED) is 0.729. The zero-order valence-electron chi connectivity index (χ0n) is 8.80. The van der Waals surface area contributed by atoms with Gasteiger partial charge in [-0.1, -0.05) is 24.3 Å². The molecule has 0 aromatic heterocycles.